The van der Waals surface area contributed by atoms with Crippen LogP contribution in [0.3, 0.4) is 0 Å². The lowest BCUT2D eigenvalue weighted by Gasteiger charge is -2.33. The van der Waals surface area contributed by atoms with Crippen LogP contribution in [0.5, 0.6) is 0 Å². The van der Waals surface area contributed by atoms with Gasteiger partial charge in [-0.2, -0.15) is 0 Å². The van der Waals surface area contributed by atoms with Crippen LogP contribution in [-0.2, 0) is 0 Å². The highest BCUT2D eigenvalue weighted by Gasteiger charge is 2.24. The maximum atomic E-state index is 3.61. The van der Waals surface area contributed by atoms with Crippen LogP contribution < -0.4 is 10.6 Å². The normalized spacial score (nSPS) is 26.3. The molecule has 0 radical (unpaired) electrons. The third-order valence-electron chi connectivity index (χ3n) is 3.00. The summed E-state index contributed by atoms with van der Waals surface area (Å²) < 4.78 is 0. The molecular formula is C11H24N2. The second-order valence-corrected chi connectivity index (χ2v) is 4.43. The van der Waals surface area contributed by atoms with Gasteiger partial charge in [0.05, 0.1) is 0 Å². The van der Waals surface area contributed by atoms with E-state index < -0.39 is 0 Å². The van der Waals surface area contributed by atoms with Crippen LogP contribution >= 0.6 is 0 Å². The molecule has 0 aliphatic carbocycles. The van der Waals surface area contributed by atoms with Gasteiger partial charge in [-0.3, -0.25) is 0 Å². The molecule has 2 heteroatoms. The predicted molar refractivity (Wildman–Crippen MR) is 57.9 cm³/mol. The van der Waals surface area contributed by atoms with Crippen molar-refractivity contribution in [2.45, 2.75) is 39.7 Å². The minimum atomic E-state index is 0.706. The first kappa shape index (κ1) is 11.0. The van der Waals surface area contributed by atoms with Crippen molar-refractivity contribution in [1.29, 1.82) is 0 Å². The van der Waals surface area contributed by atoms with Gasteiger partial charge in [-0.1, -0.05) is 20.8 Å². The molecule has 1 aliphatic rings. The summed E-state index contributed by atoms with van der Waals surface area (Å²) in [5.74, 6) is 1.60. The lowest BCUT2D eigenvalue weighted by molar-refractivity contribution is 0.238. The van der Waals surface area contributed by atoms with Crippen molar-refractivity contribution in [3.05, 3.63) is 0 Å². The molecule has 0 amide bonds. The zero-order valence-corrected chi connectivity index (χ0v) is 9.27. The van der Waals surface area contributed by atoms with E-state index in [1.165, 1.54) is 25.9 Å². The molecule has 1 aliphatic heterocycles. The third kappa shape index (κ3) is 3.28. The summed E-state index contributed by atoms with van der Waals surface area (Å²) in [6.45, 7) is 10.4. The predicted octanol–water partition coefficient (Wildman–Crippen LogP) is 1.62. The minimum Gasteiger partial charge on any atom is -0.316 e. The molecule has 2 nitrogen and oxygen atoms in total. The van der Waals surface area contributed by atoms with Gasteiger partial charge in [-0.25, -0.2) is 0 Å². The molecule has 0 bridgehead atoms. The SMILES string of the molecule is CCN[C@@H](C(C)C)[C@H]1CCCNC1. The van der Waals surface area contributed by atoms with Crippen LogP contribution in [0, 0.1) is 11.8 Å². The molecule has 0 aromatic rings. The first-order chi connectivity index (χ1) is 6.25. The Morgan fingerprint density at radius 1 is 1.46 bits per heavy atom. The molecule has 1 rings (SSSR count). The number of hydrogen-bond donors (Lipinski definition) is 2. The Morgan fingerprint density at radius 2 is 2.23 bits per heavy atom. The van der Waals surface area contributed by atoms with Crippen molar-refractivity contribution in [1.82, 2.24) is 10.6 Å². The van der Waals surface area contributed by atoms with Crippen LogP contribution in [0.1, 0.15) is 33.6 Å². The first-order valence-corrected chi connectivity index (χ1v) is 5.69. The zero-order chi connectivity index (χ0) is 9.68. The summed E-state index contributed by atoms with van der Waals surface area (Å²) in [6.07, 6.45) is 2.74. The summed E-state index contributed by atoms with van der Waals surface area (Å²) in [5.41, 5.74) is 0. The van der Waals surface area contributed by atoms with Crippen molar-refractivity contribution in [2.24, 2.45) is 11.8 Å². The molecule has 1 heterocycles. The molecule has 1 fully saturated rings. The van der Waals surface area contributed by atoms with Crippen LogP contribution in [0.25, 0.3) is 0 Å². The summed E-state index contributed by atoms with van der Waals surface area (Å²) in [5, 5.41) is 7.10. The number of hydrogen-bond acceptors (Lipinski definition) is 2. The van der Waals surface area contributed by atoms with Crippen LogP contribution in [0.2, 0.25) is 0 Å². The van der Waals surface area contributed by atoms with Gasteiger partial charge < -0.3 is 10.6 Å². The molecule has 0 unspecified atom stereocenters. The third-order valence-corrected chi connectivity index (χ3v) is 3.00. The van der Waals surface area contributed by atoms with Gasteiger partial charge in [-0.15, -0.1) is 0 Å². The highest BCUT2D eigenvalue weighted by atomic mass is 15.0. The largest absolute Gasteiger partial charge is 0.316 e. The van der Waals surface area contributed by atoms with E-state index in [1.54, 1.807) is 0 Å². The highest BCUT2D eigenvalue weighted by molar-refractivity contribution is 4.82. The van der Waals surface area contributed by atoms with Gasteiger partial charge in [0.2, 0.25) is 0 Å². The van der Waals surface area contributed by atoms with E-state index in [4.69, 9.17) is 0 Å². The molecule has 1 saturated heterocycles. The average Bonchev–Trinajstić information content (AvgIpc) is 2.15. The Kier molecular flexibility index (Phi) is 4.74. The van der Waals surface area contributed by atoms with Gasteiger partial charge >= 0.3 is 0 Å². The number of nitrogens with one attached hydrogen (secondary N) is 2. The molecule has 0 spiro atoms. The van der Waals surface area contributed by atoms with Crippen LogP contribution in [-0.4, -0.2) is 25.7 Å². The Balaban J connectivity index is 2.41. The van der Waals surface area contributed by atoms with E-state index in [-0.39, 0.29) is 0 Å². The Hall–Kier alpha value is -0.0800. The van der Waals surface area contributed by atoms with Crippen molar-refractivity contribution in [2.75, 3.05) is 19.6 Å². The fourth-order valence-corrected chi connectivity index (χ4v) is 2.37. The highest BCUT2D eigenvalue weighted by Crippen LogP contribution is 2.19. The van der Waals surface area contributed by atoms with Crippen molar-refractivity contribution >= 4 is 0 Å². The van der Waals surface area contributed by atoms with E-state index in [1.807, 2.05) is 0 Å². The molecule has 2 atom stereocenters. The van der Waals surface area contributed by atoms with Crippen molar-refractivity contribution < 1.29 is 0 Å². The van der Waals surface area contributed by atoms with Gasteiger partial charge in [0, 0.05) is 6.04 Å². The van der Waals surface area contributed by atoms with E-state index >= 15 is 0 Å². The summed E-state index contributed by atoms with van der Waals surface area (Å²) in [6, 6.07) is 0.706. The second kappa shape index (κ2) is 5.61. The van der Waals surface area contributed by atoms with Gasteiger partial charge in [-0.05, 0) is 44.3 Å². The summed E-state index contributed by atoms with van der Waals surface area (Å²) in [7, 11) is 0. The second-order valence-electron chi connectivity index (χ2n) is 4.43. The monoisotopic (exact) mass is 184 g/mol. The molecular weight excluding hydrogens is 160 g/mol. The number of rotatable bonds is 4. The maximum Gasteiger partial charge on any atom is 0.0130 e. The van der Waals surface area contributed by atoms with Gasteiger partial charge in [0.1, 0.15) is 0 Å². The number of piperidine rings is 1. The quantitative estimate of drug-likeness (QED) is 0.694. The van der Waals surface area contributed by atoms with Crippen molar-refractivity contribution in [3.8, 4) is 0 Å². The Bertz CT molecular complexity index is 128. The van der Waals surface area contributed by atoms with Crippen molar-refractivity contribution in [3.63, 3.8) is 0 Å². The van der Waals surface area contributed by atoms with Crippen LogP contribution in [0.4, 0.5) is 0 Å². The summed E-state index contributed by atoms with van der Waals surface area (Å²) in [4.78, 5) is 0. The van der Waals surface area contributed by atoms with Crippen LogP contribution in [0.15, 0.2) is 0 Å². The molecule has 0 saturated carbocycles. The van der Waals surface area contributed by atoms with E-state index in [0.717, 1.165) is 18.4 Å². The molecule has 78 valence electrons. The Labute approximate surface area is 82.5 Å². The van der Waals surface area contributed by atoms with Gasteiger partial charge in [0.15, 0.2) is 0 Å². The molecule has 2 N–H and O–H groups in total. The maximum absolute atomic E-state index is 3.61. The average molecular weight is 184 g/mol. The first-order valence-electron chi connectivity index (χ1n) is 5.69. The van der Waals surface area contributed by atoms with E-state index in [9.17, 15) is 0 Å². The lowest BCUT2D eigenvalue weighted by atomic mass is 9.85. The van der Waals surface area contributed by atoms with Gasteiger partial charge in [0.25, 0.3) is 0 Å². The van der Waals surface area contributed by atoms with E-state index in [2.05, 4.69) is 31.4 Å². The fraction of sp³-hybridized carbons (Fsp3) is 1.00. The molecule has 0 aromatic carbocycles. The Morgan fingerprint density at radius 3 is 2.69 bits per heavy atom. The minimum absolute atomic E-state index is 0.706. The fourth-order valence-electron chi connectivity index (χ4n) is 2.37. The summed E-state index contributed by atoms with van der Waals surface area (Å²) >= 11 is 0. The lowest BCUT2D eigenvalue weighted by Crippen LogP contribution is -2.46. The molecule has 0 aromatic heterocycles. The molecule has 13 heavy (non-hydrogen) atoms. The standard InChI is InChI=1S/C11H24N2/c1-4-13-11(9(2)3)10-6-5-7-12-8-10/h9-13H,4-8H2,1-3H3/t10-,11-/m0/s1. The topological polar surface area (TPSA) is 24.1 Å². The zero-order valence-electron chi connectivity index (χ0n) is 9.27. The van der Waals surface area contributed by atoms with E-state index in [0.29, 0.717) is 6.04 Å². The smallest absolute Gasteiger partial charge is 0.0130 e.